The molecule has 0 saturated carbocycles. The number of ether oxygens (including phenoxy) is 1. The number of amides is 1. The number of methoxy groups -OCH3 is 1. The van der Waals surface area contributed by atoms with Gasteiger partial charge in [-0.05, 0) is 28.1 Å². The summed E-state index contributed by atoms with van der Waals surface area (Å²) in [7, 11) is -2.03. The van der Waals surface area contributed by atoms with Crippen LogP contribution in [-0.4, -0.2) is 47.4 Å². The second kappa shape index (κ2) is 7.61. The van der Waals surface area contributed by atoms with Crippen LogP contribution < -0.4 is 9.62 Å². The molecular formula is C12H17BrN2O4S. The summed E-state index contributed by atoms with van der Waals surface area (Å²) >= 11 is 3.29. The first-order valence-corrected chi connectivity index (χ1v) is 8.48. The molecule has 20 heavy (non-hydrogen) atoms. The first kappa shape index (κ1) is 16.9. The zero-order valence-electron chi connectivity index (χ0n) is 11.3. The Morgan fingerprint density at radius 1 is 1.40 bits per heavy atom. The molecule has 0 unspecified atom stereocenters. The molecule has 0 saturated heterocycles. The Balaban J connectivity index is 2.88. The number of carbonyl (C=O) groups is 1. The summed E-state index contributed by atoms with van der Waals surface area (Å²) in [5, 5.41) is 2.59. The third-order valence-corrected chi connectivity index (χ3v) is 4.23. The highest BCUT2D eigenvalue weighted by atomic mass is 79.9. The summed E-state index contributed by atoms with van der Waals surface area (Å²) in [6.07, 6.45) is 1.06. The van der Waals surface area contributed by atoms with E-state index in [-0.39, 0.29) is 12.5 Å². The topological polar surface area (TPSA) is 75.7 Å². The van der Waals surface area contributed by atoms with Gasteiger partial charge in [0, 0.05) is 18.1 Å². The smallest absolute Gasteiger partial charge is 0.240 e. The van der Waals surface area contributed by atoms with Crippen molar-refractivity contribution in [3.63, 3.8) is 0 Å². The SMILES string of the molecule is COCCNC(=O)CN(c1ccccc1Br)S(C)(=O)=O. The zero-order chi connectivity index (χ0) is 15.2. The Hall–Kier alpha value is -1.12. The van der Waals surface area contributed by atoms with E-state index in [2.05, 4.69) is 21.2 Å². The van der Waals surface area contributed by atoms with Crippen molar-refractivity contribution >= 4 is 37.5 Å². The third kappa shape index (κ3) is 5.10. The largest absolute Gasteiger partial charge is 0.383 e. The zero-order valence-corrected chi connectivity index (χ0v) is 13.7. The summed E-state index contributed by atoms with van der Waals surface area (Å²) < 4.78 is 30.2. The number of nitrogens with one attached hydrogen (secondary N) is 1. The van der Waals surface area contributed by atoms with E-state index in [1.54, 1.807) is 24.3 Å². The molecule has 0 bridgehead atoms. The number of sulfonamides is 1. The molecule has 112 valence electrons. The molecule has 0 aliphatic heterocycles. The first-order valence-electron chi connectivity index (χ1n) is 5.84. The number of hydrogen-bond donors (Lipinski definition) is 1. The minimum Gasteiger partial charge on any atom is -0.383 e. The van der Waals surface area contributed by atoms with Gasteiger partial charge < -0.3 is 10.1 Å². The van der Waals surface area contributed by atoms with Gasteiger partial charge in [0.05, 0.1) is 18.6 Å². The van der Waals surface area contributed by atoms with E-state index in [1.165, 1.54) is 7.11 Å². The van der Waals surface area contributed by atoms with Crippen molar-refractivity contribution in [3.8, 4) is 0 Å². The number of benzene rings is 1. The van der Waals surface area contributed by atoms with Crippen LogP contribution in [0.2, 0.25) is 0 Å². The fourth-order valence-corrected chi connectivity index (χ4v) is 3.00. The predicted molar refractivity (Wildman–Crippen MR) is 81.2 cm³/mol. The van der Waals surface area contributed by atoms with Crippen molar-refractivity contribution in [2.45, 2.75) is 0 Å². The lowest BCUT2D eigenvalue weighted by molar-refractivity contribution is -0.119. The van der Waals surface area contributed by atoms with Gasteiger partial charge in [0.15, 0.2) is 0 Å². The molecule has 0 aromatic heterocycles. The minimum atomic E-state index is -3.55. The van der Waals surface area contributed by atoms with E-state index >= 15 is 0 Å². The molecule has 1 N–H and O–H groups in total. The Morgan fingerprint density at radius 3 is 2.60 bits per heavy atom. The molecule has 0 heterocycles. The van der Waals surface area contributed by atoms with Crippen molar-refractivity contribution in [2.24, 2.45) is 0 Å². The maximum Gasteiger partial charge on any atom is 0.240 e. The van der Waals surface area contributed by atoms with Crippen LogP contribution in [0.3, 0.4) is 0 Å². The van der Waals surface area contributed by atoms with Crippen LogP contribution in [0.1, 0.15) is 0 Å². The highest BCUT2D eigenvalue weighted by Gasteiger charge is 2.22. The van der Waals surface area contributed by atoms with Crippen molar-refractivity contribution in [1.82, 2.24) is 5.32 Å². The molecule has 0 atom stereocenters. The average molecular weight is 365 g/mol. The van der Waals surface area contributed by atoms with Gasteiger partial charge in [0.1, 0.15) is 6.54 Å². The number of carbonyl (C=O) groups excluding carboxylic acids is 1. The van der Waals surface area contributed by atoms with Crippen molar-refractivity contribution in [1.29, 1.82) is 0 Å². The van der Waals surface area contributed by atoms with Gasteiger partial charge in [-0.2, -0.15) is 0 Å². The number of anilines is 1. The Kier molecular flexibility index (Phi) is 6.44. The normalized spacial score (nSPS) is 11.2. The molecule has 0 aliphatic rings. The summed E-state index contributed by atoms with van der Waals surface area (Å²) in [5.41, 5.74) is 0.428. The van der Waals surface area contributed by atoms with E-state index in [1.807, 2.05) is 0 Å². The van der Waals surface area contributed by atoms with E-state index in [9.17, 15) is 13.2 Å². The van der Waals surface area contributed by atoms with Crippen LogP contribution in [0.4, 0.5) is 5.69 Å². The van der Waals surface area contributed by atoms with Crippen molar-refractivity contribution in [3.05, 3.63) is 28.7 Å². The molecule has 1 aromatic carbocycles. The lowest BCUT2D eigenvalue weighted by Crippen LogP contribution is -2.41. The van der Waals surface area contributed by atoms with Crippen LogP contribution >= 0.6 is 15.9 Å². The molecule has 8 heteroatoms. The van der Waals surface area contributed by atoms with Gasteiger partial charge >= 0.3 is 0 Å². The quantitative estimate of drug-likeness (QED) is 0.731. The number of hydrogen-bond acceptors (Lipinski definition) is 4. The molecule has 1 amide bonds. The molecule has 1 aromatic rings. The monoisotopic (exact) mass is 364 g/mol. The van der Waals surface area contributed by atoms with Crippen LogP contribution in [0.5, 0.6) is 0 Å². The maximum absolute atomic E-state index is 11.8. The first-order chi connectivity index (χ1) is 9.36. The van der Waals surface area contributed by atoms with E-state index in [0.717, 1.165) is 10.6 Å². The summed E-state index contributed by atoms with van der Waals surface area (Å²) in [6.45, 7) is 0.438. The average Bonchev–Trinajstić information content (AvgIpc) is 2.36. The van der Waals surface area contributed by atoms with Gasteiger partial charge in [-0.3, -0.25) is 9.10 Å². The number of halogens is 1. The fraction of sp³-hybridized carbons (Fsp3) is 0.417. The van der Waals surface area contributed by atoms with Crippen LogP contribution in [0, 0.1) is 0 Å². The van der Waals surface area contributed by atoms with Gasteiger partial charge in [-0.1, -0.05) is 12.1 Å². The standard InChI is InChI=1S/C12H17BrN2O4S/c1-19-8-7-14-12(16)9-15(20(2,17)18)11-6-4-3-5-10(11)13/h3-6H,7-9H2,1-2H3,(H,14,16). The highest BCUT2D eigenvalue weighted by Crippen LogP contribution is 2.27. The summed E-state index contributed by atoms with van der Waals surface area (Å²) in [5.74, 6) is -0.386. The van der Waals surface area contributed by atoms with E-state index in [4.69, 9.17) is 4.74 Å². The Labute approximate surface area is 127 Å². The van der Waals surface area contributed by atoms with Crippen LogP contribution in [0.15, 0.2) is 28.7 Å². The van der Waals surface area contributed by atoms with Crippen LogP contribution in [0.25, 0.3) is 0 Å². The molecule has 0 radical (unpaired) electrons. The lowest BCUT2D eigenvalue weighted by atomic mass is 10.3. The Morgan fingerprint density at radius 2 is 2.05 bits per heavy atom. The van der Waals surface area contributed by atoms with Crippen molar-refractivity contribution < 1.29 is 17.9 Å². The van der Waals surface area contributed by atoms with Gasteiger partial charge in [-0.25, -0.2) is 8.42 Å². The number of nitrogens with zero attached hydrogens (tertiary/aromatic N) is 1. The molecule has 0 fully saturated rings. The summed E-state index contributed by atoms with van der Waals surface area (Å²) in [6, 6.07) is 6.83. The van der Waals surface area contributed by atoms with Crippen molar-refractivity contribution in [2.75, 3.05) is 37.4 Å². The molecule has 1 rings (SSSR count). The second-order valence-corrected chi connectivity index (χ2v) is 6.82. The maximum atomic E-state index is 11.8. The van der Waals surface area contributed by atoms with Gasteiger partial charge in [0.2, 0.25) is 15.9 Å². The predicted octanol–water partition coefficient (Wildman–Crippen LogP) is 0.978. The van der Waals surface area contributed by atoms with Gasteiger partial charge in [0.25, 0.3) is 0 Å². The minimum absolute atomic E-state index is 0.273. The van der Waals surface area contributed by atoms with E-state index < -0.39 is 10.0 Å². The second-order valence-electron chi connectivity index (χ2n) is 4.06. The lowest BCUT2D eigenvalue weighted by Gasteiger charge is -2.22. The number of para-hydroxylation sites is 1. The fourth-order valence-electron chi connectivity index (χ4n) is 1.51. The molecular weight excluding hydrogens is 348 g/mol. The van der Waals surface area contributed by atoms with Crippen LogP contribution in [-0.2, 0) is 19.6 Å². The third-order valence-electron chi connectivity index (χ3n) is 2.44. The summed E-state index contributed by atoms with van der Waals surface area (Å²) in [4.78, 5) is 11.8. The van der Waals surface area contributed by atoms with E-state index in [0.29, 0.717) is 23.3 Å². The molecule has 0 spiro atoms. The van der Waals surface area contributed by atoms with Gasteiger partial charge in [-0.15, -0.1) is 0 Å². The number of rotatable bonds is 7. The Bertz CT molecular complexity index is 562. The molecule has 0 aliphatic carbocycles. The molecule has 6 nitrogen and oxygen atoms in total. The highest BCUT2D eigenvalue weighted by molar-refractivity contribution is 9.10.